The Labute approximate surface area is 166 Å². The molecule has 0 aliphatic carbocycles. The molecule has 0 saturated carbocycles. The zero-order chi connectivity index (χ0) is 19.6. The van der Waals surface area contributed by atoms with Crippen molar-refractivity contribution >= 4 is 28.9 Å². The largest absolute Gasteiger partial charge is 0.494 e. The van der Waals surface area contributed by atoms with Gasteiger partial charge in [-0.25, -0.2) is 0 Å². The fourth-order valence-electron chi connectivity index (χ4n) is 2.19. The molecule has 144 valence electrons. The SMILES string of the molecule is CCCOc1cccc(NC(=S)NC(=O)c2ccc(OCC(C)C)cc2)c1. The Kier molecular flexibility index (Phi) is 8.07. The van der Waals surface area contributed by atoms with Crippen molar-refractivity contribution in [1.29, 1.82) is 0 Å². The van der Waals surface area contributed by atoms with Gasteiger partial charge in [0.15, 0.2) is 5.11 Å². The Balaban J connectivity index is 1.89. The maximum atomic E-state index is 12.3. The summed E-state index contributed by atoms with van der Waals surface area (Å²) >= 11 is 5.23. The van der Waals surface area contributed by atoms with E-state index in [-0.39, 0.29) is 11.0 Å². The lowest BCUT2D eigenvalue weighted by Crippen LogP contribution is -2.34. The van der Waals surface area contributed by atoms with E-state index in [0.717, 1.165) is 23.6 Å². The van der Waals surface area contributed by atoms with E-state index in [1.54, 1.807) is 24.3 Å². The first-order valence-electron chi connectivity index (χ1n) is 9.06. The average Bonchev–Trinajstić information content (AvgIpc) is 2.65. The summed E-state index contributed by atoms with van der Waals surface area (Å²) in [6, 6.07) is 14.4. The summed E-state index contributed by atoms with van der Waals surface area (Å²) in [6.07, 6.45) is 0.938. The molecule has 2 rings (SSSR count). The number of benzene rings is 2. The molecule has 0 fully saturated rings. The topological polar surface area (TPSA) is 59.6 Å². The maximum Gasteiger partial charge on any atom is 0.257 e. The van der Waals surface area contributed by atoms with Crippen LogP contribution in [0.25, 0.3) is 0 Å². The van der Waals surface area contributed by atoms with Crippen LogP contribution in [-0.4, -0.2) is 24.2 Å². The van der Waals surface area contributed by atoms with Crippen molar-refractivity contribution in [3.05, 3.63) is 54.1 Å². The van der Waals surface area contributed by atoms with Crippen LogP contribution in [-0.2, 0) is 0 Å². The van der Waals surface area contributed by atoms with E-state index in [1.807, 2.05) is 24.3 Å². The number of nitrogens with one attached hydrogen (secondary N) is 2. The molecule has 0 aliphatic rings. The van der Waals surface area contributed by atoms with Crippen molar-refractivity contribution in [2.45, 2.75) is 27.2 Å². The molecular weight excluding hydrogens is 360 g/mol. The predicted octanol–water partition coefficient (Wildman–Crippen LogP) is 4.64. The van der Waals surface area contributed by atoms with Crippen molar-refractivity contribution in [2.24, 2.45) is 5.92 Å². The highest BCUT2D eigenvalue weighted by atomic mass is 32.1. The third-order valence-corrected chi connectivity index (χ3v) is 3.70. The van der Waals surface area contributed by atoms with Crippen LogP contribution in [0, 0.1) is 5.92 Å². The summed E-state index contributed by atoms with van der Waals surface area (Å²) in [4.78, 5) is 12.3. The number of amides is 1. The van der Waals surface area contributed by atoms with E-state index < -0.39 is 0 Å². The number of carbonyl (C=O) groups excluding carboxylic acids is 1. The minimum atomic E-state index is -0.277. The van der Waals surface area contributed by atoms with Crippen LogP contribution in [0.3, 0.4) is 0 Å². The maximum absolute atomic E-state index is 12.3. The molecule has 0 radical (unpaired) electrons. The summed E-state index contributed by atoms with van der Waals surface area (Å²) in [5.41, 5.74) is 1.27. The number of carbonyl (C=O) groups is 1. The van der Waals surface area contributed by atoms with Crippen LogP contribution < -0.4 is 20.1 Å². The Hall–Kier alpha value is -2.60. The Morgan fingerprint density at radius 3 is 2.48 bits per heavy atom. The molecule has 2 aromatic rings. The zero-order valence-corrected chi connectivity index (χ0v) is 16.8. The number of anilines is 1. The number of rotatable bonds is 8. The molecule has 2 aromatic carbocycles. The van der Waals surface area contributed by atoms with Gasteiger partial charge in [0.05, 0.1) is 13.2 Å². The van der Waals surface area contributed by atoms with E-state index in [4.69, 9.17) is 21.7 Å². The third-order valence-electron chi connectivity index (χ3n) is 3.49. The monoisotopic (exact) mass is 386 g/mol. The number of thiocarbonyl (C=S) groups is 1. The molecule has 5 nitrogen and oxygen atoms in total. The lowest BCUT2D eigenvalue weighted by molar-refractivity contribution is 0.0977. The second-order valence-corrected chi connectivity index (χ2v) is 6.92. The molecule has 6 heteroatoms. The summed E-state index contributed by atoms with van der Waals surface area (Å²) < 4.78 is 11.2. The van der Waals surface area contributed by atoms with Crippen LogP contribution in [0.5, 0.6) is 11.5 Å². The minimum Gasteiger partial charge on any atom is -0.494 e. The smallest absolute Gasteiger partial charge is 0.257 e. The molecule has 0 saturated heterocycles. The highest BCUT2D eigenvalue weighted by Gasteiger charge is 2.09. The normalized spacial score (nSPS) is 10.4. The highest BCUT2D eigenvalue weighted by molar-refractivity contribution is 7.80. The lowest BCUT2D eigenvalue weighted by atomic mass is 10.2. The summed E-state index contributed by atoms with van der Waals surface area (Å²) in [5, 5.41) is 5.90. The fourth-order valence-corrected chi connectivity index (χ4v) is 2.40. The fraction of sp³-hybridized carbons (Fsp3) is 0.333. The standard InChI is InChI=1S/C21H26N2O3S/c1-4-12-25-19-7-5-6-17(13-19)22-21(27)23-20(24)16-8-10-18(11-9-16)26-14-15(2)3/h5-11,13,15H,4,12,14H2,1-3H3,(H2,22,23,24,27). The van der Waals surface area contributed by atoms with Gasteiger partial charge in [-0.3, -0.25) is 10.1 Å². The molecule has 0 unspecified atom stereocenters. The average molecular weight is 387 g/mol. The highest BCUT2D eigenvalue weighted by Crippen LogP contribution is 2.18. The van der Waals surface area contributed by atoms with Gasteiger partial charge in [-0.2, -0.15) is 0 Å². The van der Waals surface area contributed by atoms with Crippen LogP contribution in [0.4, 0.5) is 5.69 Å². The molecule has 27 heavy (non-hydrogen) atoms. The second kappa shape index (κ2) is 10.5. The van der Waals surface area contributed by atoms with Crippen LogP contribution in [0.15, 0.2) is 48.5 Å². The summed E-state index contributed by atoms with van der Waals surface area (Å²) in [5.74, 6) is 1.67. The molecule has 1 amide bonds. The van der Waals surface area contributed by atoms with Crippen molar-refractivity contribution in [1.82, 2.24) is 5.32 Å². The Bertz CT molecular complexity index is 760. The number of hydrogen-bond acceptors (Lipinski definition) is 4. The van der Waals surface area contributed by atoms with Gasteiger partial charge in [0.25, 0.3) is 5.91 Å². The molecule has 0 atom stereocenters. The van der Waals surface area contributed by atoms with Crippen LogP contribution >= 0.6 is 12.2 Å². The third kappa shape index (κ3) is 7.27. The predicted molar refractivity (Wildman–Crippen MR) is 113 cm³/mol. The van der Waals surface area contributed by atoms with Crippen molar-refractivity contribution in [2.75, 3.05) is 18.5 Å². The van der Waals surface area contributed by atoms with Gasteiger partial charge in [-0.15, -0.1) is 0 Å². The first kappa shape index (κ1) is 20.7. The van der Waals surface area contributed by atoms with Gasteiger partial charge in [0.2, 0.25) is 0 Å². The zero-order valence-electron chi connectivity index (χ0n) is 16.0. The van der Waals surface area contributed by atoms with Crippen molar-refractivity contribution < 1.29 is 14.3 Å². The van der Waals surface area contributed by atoms with Crippen LogP contribution in [0.1, 0.15) is 37.6 Å². The minimum absolute atomic E-state index is 0.229. The first-order chi connectivity index (χ1) is 13.0. The molecule has 0 aliphatic heterocycles. The molecule has 0 spiro atoms. The molecule has 2 N–H and O–H groups in total. The number of hydrogen-bond donors (Lipinski definition) is 2. The van der Waals surface area contributed by atoms with Gasteiger partial charge in [-0.1, -0.05) is 26.8 Å². The molecule has 0 aromatic heterocycles. The Morgan fingerprint density at radius 1 is 1.07 bits per heavy atom. The first-order valence-corrected chi connectivity index (χ1v) is 9.46. The molecular formula is C21H26N2O3S. The summed E-state index contributed by atoms with van der Waals surface area (Å²) in [7, 11) is 0. The van der Waals surface area contributed by atoms with Crippen molar-refractivity contribution in [3.8, 4) is 11.5 Å². The van der Waals surface area contributed by atoms with Gasteiger partial charge < -0.3 is 14.8 Å². The van der Waals surface area contributed by atoms with E-state index in [0.29, 0.717) is 24.7 Å². The molecule has 0 heterocycles. The quantitative estimate of drug-likeness (QED) is 0.648. The lowest BCUT2D eigenvalue weighted by Gasteiger charge is -2.12. The van der Waals surface area contributed by atoms with Gasteiger partial charge >= 0.3 is 0 Å². The van der Waals surface area contributed by atoms with Gasteiger partial charge in [0, 0.05) is 17.3 Å². The van der Waals surface area contributed by atoms with Crippen LogP contribution in [0.2, 0.25) is 0 Å². The van der Waals surface area contributed by atoms with Gasteiger partial charge in [0.1, 0.15) is 11.5 Å². The van der Waals surface area contributed by atoms with E-state index in [9.17, 15) is 4.79 Å². The van der Waals surface area contributed by atoms with E-state index in [1.165, 1.54) is 0 Å². The second-order valence-electron chi connectivity index (χ2n) is 6.51. The molecule has 0 bridgehead atoms. The van der Waals surface area contributed by atoms with E-state index in [2.05, 4.69) is 31.4 Å². The van der Waals surface area contributed by atoms with Gasteiger partial charge in [-0.05, 0) is 61.0 Å². The summed E-state index contributed by atoms with van der Waals surface area (Å²) in [6.45, 7) is 7.51. The van der Waals surface area contributed by atoms with E-state index >= 15 is 0 Å². The van der Waals surface area contributed by atoms with Crippen molar-refractivity contribution in [3.63, 3.8) is 0 Å². The number of ether oxygens (including phenoxy) is 2. The Morgan fingerprint density at radius 2 is 1.81 bits per heavy atom.